The third kappa shape index (κ3) is 2.22. The number of hydrogen-bond acceptors (Lipinski definition) is 2. The number of nitrogens with zero attached hydrogens (tertiary/aromatic N) is 2. The minimum Gasteiger partial charge on any atom is -0.369 e. The first kappa shape index (κ1) is 12.9. The van der Waals surface area contributed by atoms with E-state index in [4.69, 9.17) is 17.3 Å². The highest BCUT2D eigenvalue weighted by Crippen LogP contribution is 2.29. The lowest BCUT2D eigenvalue weighted by Crippen LogP contribution is -2.32. The van der Waals surface area contributed by atoms with Crippen LogP contribution in [0.25, 0.3) is 11.0 Å². The highest BCUT2D eigenvalue weighted by molar-refractivity contribution is 6.31. The van der Waals surface area contributed by atoms with Crippen LogP contribution in [0.5, 0.6) is 0 Å². The summed E-state index contributed by atoms with van der Waals surface area (Å²) in [4.78, 5) is 3.80. The second-order valence-electron chi connectivity index (χ2n) is 3.75. The summed E-state index contributed by atoms with van der Waals surface area (Å²) in [6, 6.07) is 4.33. The standard InChI is InChI=1S/C10H8ClF4N3/c11-5-1-2-6-7(3-5)18(9(16)17-6)4-10(14,15)8(12)13/h1-3,8H,4H2,(H2,16,17). The topological polar surface area (TPSA) is 43.8 Å². The van der Waals surface area contributed by atoms with Gasteiger partial charge in [-0.1, -0.05) is 11.6 Å². The van der Waals surface area contributed by atoms with Crippen molar-refractivity contribution in [3.63, 3.8) is 0 Å². The molecule has 18 heavy (non-hydrogen) atoms. The Hall–Kier alpha value is -1.50. The Morgan fingerprint density at radius 1 is 1.39 bits per heavy atom. The Bertz CT molecular complexity index is 582. The minimum atomic E-state index is -4.18. The van der Waals surface area contributed by atoms with Gasteiger partial charge >= 0.3 is 12.3 Å². The molecule has 3 nitrogen and oxygen atoms in total. The zero-order valence-corrected chi connectivity index (χ0v) is 9.63. The molecule has 0 atom stereocenters. The number of rotatable bonds is 3. The predicted molar refractivity (Wildman–Crippen MR) is 60.1 cm³/mol. The molecule has 0 spiro atoms. The monoisotopic (exact) mass is 281 g/mol. The second-order valence-corrected chi connectivity index (χ2v) is 4.19. The van der Waals surface area contributed by atoms with Crippen molar-refractivity contribution in [2.45, 2.75) is 18.9 Å². The van der Waals surface area contributed by atoms with E-state index < -0.39 is 18.9 Å². The summed E-state index contributed by atoms with van der Waals surface area (Å²) in [6.45, 7) is -1.24. The second kappa shape index (κ2) is 4.31. The molecular weight excluding hydrogens is 274 g/mol. The Morgan fingerprint density at radius 3 is 2.67 bits per heavy atom. The first-order valence-electron chi connectivity index (χ1n) is 4.88. The van der Waals surface area contributed by atoms with Crippen LogP contribution in [0.15, 0.2) is 18.2 Å². The van der Waals surface area contributed by atoms with E-state index >= 15 is 0 Å². The van der Waals surface area contributed by atoms with E-state index in [1.807, 2.05) is 0 Å². The average Bonchev–Trinajstić information content (AvgIpc) is 2.55. The van der Waals surface area contributed by atoms with Crippen molar-refractivity contribution in [2.24, 2.45) is 0 Å². The Balaban J connectivity index is 2.50. The molecule has 0 amide bonds. The molecule has 0 aliphatic heterocycles. The van der Waals surface area contributed by atoms with Gasteiger partial charge in [-0.15, -0.1) is 0 Å². The van der Waals surface area contributed by atoms with Crippen molar-refractivity contribution in [3.05, 3.63) is 23.2 Å². The SMILES string of the molecule is Nc1nc2ccc(Cl)cc2n1CC(F)(F)C(F)F. The van der Waals surface area contributed by atoms with Crippen LogP contribution in [0, 0.1) is 0 Å². The van der Waals surface area contributed by atoms with Gasteiger partial charge < -0.3 is 10.3 Å². The molecule has 1 heterocycles. The number of nitrogen functional groups attached to an aromatic ring is 1. The number of alkyl halides is 4. The maximum atomic E-state index is 13.0. The lowest BCUT2D eigenvalue weighted by Gasteiger charge is -2.17. The molecule has 2 N–H and O–H groups in total. The quantitative estimate of drug-likeness (QED) is 0.878. The van der Waals surface area contributed by atoms with Crippen LogP contribution in [0.2, 0.25) is 5.02 Å². The van der Waals surface area contributed by atoms with Gasteiger partial charge in [-0.25, -0.2) is 13.8 Å². The van der Waals surface area contributed by atoms with Gasteiger partial charge in [0.2, 0.25) is 5.95 Å². The molecule has 0 saturated carbocycles. The van der Waals surface area contributed by atoms with Crippen molar-refractivity contribution >= 4 is 28.6 Å². The maximum absolute atomic E-state index is 13.0. The van der Waals surface area contributed by atoms with Gasteiger partial charge in [0.1, 0.15) is 0 Å². The predicted octanol–water partition coefficient (Wildman–Crippen LogP) is 3.17. The smallest absolute Gasteiger partial charge is 0.324 e. The van der Waals surface area contributed by atoms with Crippen molar-refractivity contribution < 1.29 is 17.6 Å². The summed E-state index contributed by atoms with van der Waals surface area (Å²) in [5, 5.41) is 0.281. The van der Waals surface area contributed by atoms with Gasteiger partial charge in [-0.3, -0.25) is 0 Å². The normalized spacial score (nSPS) is 12.6. The Labute approximate surface area is 104 Å². The Morgan fingerprint density at radius 2 is 2.06 bits per heavy atom. The largest absolute Gasteiger partial charge is 0.369 e. The zero-order valence-electron chi connectivity index (χ0n) is 8.88. The van der Waals surface area contributed by atoms with Crippen molar-refractivity contribution in [1.82, 2.24) is 9.55 Å². The Kier molecular flexibility index (Phi) is 3.10. The molecule has 0 aliphatic rings. The third-order valence-electron chi connectivity index (χ3n) is 2.43. The third-order valence-corrected chi connectivity index (χ3v) is 2.66. The summed E-state index contributed by atoms with van der Waals surface area (Å²) < 4.78 is 51.2. The zero-order chi connectivity index (χ0) is 13.5. The van der Waals surface area contributed by atoms with Crippen LogP contribution in [0.1, 0.15) is 0 Å². The molecule has 1 aromatic heterocycles. The molecule has 0 radical (unpaired) electrons. The van der Waals surface area contributed by atoms with Crippen molar-refractivity contribution in [1.29, 1.82) is 0 Å². The number of fused-ring (bicyclic) bond motifs is 1. The molecule has 2 rings (SSSR count). The van der Waals surface area contributed by atoms with Crippen LogP contribution in [-0.2, 0) is 6.54 Å². The summed E-state index contributed by atoms with van der Waals surface area (Å²) in [7, 11) is 0. The lowest BCUT2D eigenvalue weighted by atomic mass is 10.3. The van der Waals surface area contributed by atoms with Gasteiger partial charge in [0, 0.05) is 5.02 Å². The van der Waals surface area contributed by atoms with Gasteiger partial charge in [0.05, 0.1) is 17.6 Å². The van der Waals surface area contributed by atoms with E-state index in [0.717, 1.165) is 4.57 Å². The average molecular weight is 282 g/mol. The van der Waals surface area contributed by atoms with Crippen LogP contribution in [0.4, 0.5) is 23.5 Å². The molecule has 8 heteroatoms. The van der Waals surface area contributed by atoms with Gasteiger partial charge in [0.15, 0.2) is 0 Å². The van der Waals surface area contributed by atoms with E-state index in [9.17, 15) is 17.6 Å². The number of hydrogen-bond donors (Lipinski definition) is 1. The van der Waals surface area contributed by atoms with Crippen LogP contribution in [-0.4, -0.2) is 21.9 Å². The molecule has 2 aromatic rings. The molecule has 0 unspecified atom stereocenters. The highest BCUT2D eigenvalue weighted by atomic mass is 35.5. The van der Waals surface area contributed by atoms with Gasteiger partial charge in [-0.05, 0) is 18.2 Å². The van der Waals surface area contributed by atoms with Crippen LogP contribution < -0.4 is 5.73 Å². The van der Waals surface area contributed by atoms with Crippen molar-refractivity contribution in [2.75, 3.05) is 5.73 Å². The first-order valence-corrected chi connectivity index (χ1v) is 5.26. The first-order chi connectivity index (χ1) is 8.31. The summed E-state index contributed by atoms with van der Waals surface area (Å²) >= 11 is 5.72. The molecular formula is C10H8ClF4N3. The molecule has 0 aliphatic carbocycles. The summed E-state index contributed by atoms with van der Waals surface area (Å²) in [5.74, 6) is -4.43. The lowest BCUT2D eigenvalue weighted by molar-refractivity contribution is -0.136. The fourth-order valence-electron chi connectivity index (χ4n) is 1.56. The summed E-state index contributed by atoms with van der Waals surface area (Å²) in [5.41, 5.74) is 5.96. The van der Waals surface area contributed by atoms with Crippen LogP contribution >= 0.6 is 11.6 Å². The molecule has 0 bridgehead atoms. The van der Waals surface area contributed by atoms with E-state index in [-0.39, 0.29) is 16.5 Å². The van der Waals surface area contributed by atoms with Crippen LogP contribution in [0.3, 0.4) is 0 Å². The number of aromatic nitrogens is 2. The fraction of sp³-hybridized carbons (Fsp3) is 0.300. The molecule has 98 valence electrons. The van der Waals surface area contributed by atoms with Crippen molar-refractivity contribution in [3.8, 4) is 0 Å². The van der Waals surface area contributed by atoms with E-state index in [1.54, 1.807) is 0 Å². The van der Waals surface area contributed by atoms with Gasteiger partial charge in [0.25, 0.3) is 0 Å². The molecule has 0 saturated heterocycles. The summed E-state index contributed by atoms with van der Waals surface area (Å²) in [6.07, 6.45) is -3.77. The number of benzene rings is 1. The van der Waals surface area contributed by atoms with E-state index in [2.05, 4.69) is 4.98 Å². The molecule has 0 fully saturated rings. The maximum Gasteiger partial charge on any atom is 0.324 e. The number of halogens is 5. The van der Waals surface area contributed by atoms with E-state index in [0.29, 0.717) is 5.52 Å². The minimum absolute atomic E-state index is 0.195. The molecule has 1 aromatic carbocycles. The number of nitrogens with two attached hydrogens (primary N) is 1. The van der Waals surface area contributed by atoms with Gasteiger partial charge in [-0.2, -0.15) is 8.78 Å². The number of anilines is 1. The highest BCUT2D eigenvalue weighted by Gasteiger charge is 2.41. The fourth-order valence-corrected chi connectivity index (χ4v) is 1.73. The number of imidazole rings is 1. The van der Waals surface area contributed by atoms with E-state index in [1.165, 1.54) is 18.2 Å².